The minimum absolute atomic E-state index is 0.261. The number of ether oxygens (including phenoxy) is 4. The van der Waals surface area contributed by atoms with E-state index in [1.807, 2.05) is 31.2 Å². The highest BCUT2D eigenvalue weighted by Gasteiger charge is 2.27. The number of para-hydroxylation sites is 2. The quantitative estimate of drug-likeness (QED) is 0.327. The minimum Gasteiger partial charge on any atom is -0.490 e. The van der Waals surface area contributed by atoms with E-state index in [0.29, 0.717) is 44.9 Å². The van der Waals surface area contributed by atoms with Crippen molar-refractivity contribution >= 4 is 28.3 Å². The molecule has 1 atom stereocenters. The van der Waals surface area contributed by atoms with Crippen LogP contribution in [0.15, 0.2) is 47.3 Å². The number of esters is 1. The van der Waals surface area contributed by atoms with E-state index < -0.39 is 12.1 Å². The molecule has 0 amide bonds. The zero-order valence-corrected chi connectivity index (χ0v) is 18.6. The second kappa shape index (κ2) is 8.55. The average Bonchev–Trinajstić information content (AvgIpc) is 3.34. The number of thiazole rings is 1. The highest BCUT2D eigenvalue weighted by molar-refractivity contribution is 7.15. The van der Waals surface area contributed by atoms with Crippen LogP contribution in [-0.2, 0) is 4.79 Å². The van der Waals surface area contributed by atoms with Crippen LogP contribution >= 0.6 is 11.3 Å². The van der Waals surface area contributed by atoms with Gasteiger partial charge in [0, 0.05) is 6.92 Å². The molecule has 33 heavy (non-hydrogen) atoms. The van der Waals surface area contributed by atoms with Gasteiger partial charge in [0.2, 0.25) is 4.96 Å². The van der Waals surface area contributed by atoms with Crippen LogP contribution in [0.4, 0.5) is 0 Å². The Kier molecular flexibility index (Phi) is 5.43. The summed E-state index contributed by atoms with van der Waals surface area (Å²) in [5, 5.41) is 4.36. The van der Waals surface area contributed by atoms with Crippen molar-refractivity contribution in [3.05, 3.63) is 68.7 Å². The predicted molar refractivity (Wildman–Crippen MR) is 120 cm³/mol. The molecule has 1 aliphatic heterocycles. The number of hydrogen-bond donors (Lipinski definition) is 0. The molecule has 0 saturated heterocycles. The van der Waals surface area contributed by atoms with Crippen molar-refractivity contribution in [2.45, 2.75) is 20.0 Å². The molecule has 10 heteroatoms. The summed E-state index contributed by atoms with van der Waals surface area (Å²) in [4.78, 5) is 29.2. The lowest BCUT2D eigenvalue weighted by Crippen LogP contribution is -2.26. The van der Waals surface area contributed by atoms with E-state index in [-0.39, 0.29) is 12.2 Å². The van der Waals surface area contributed by atoms with Crippen molar-refractivity contribution < 1.29 is 23.7 Å². The van der Waals surface area contributed by atoms with Crippen LogP contribution in [0.2, 0.25) is 0 Å². The van der Waals surface area contributed by atoms with Gasteiger partial charge in [-0.1, -0.05) is 29.5 Å². The fourth-order valence-corrected chi connectivity index (χ4v) is 4.32. The Labute approximate surface area is 191 Å². The van der Waals surface area contributed by atoms with Crippen molar-refractivity contribution in [2.24, 2.45) is 0 Å². The first-order valence-corrected chi connectivity index (χ1v) is 11.1. The van der Waals surface area contributed by atoms with Crippen LogP contribution < -0.4 is 29.0 Å². The van der Waals surface area contributed by atoms with Crippen LogP contribution in [0.5, 0.6) is 23.0 Å². The number of benzene rings is 2. The molecule has 2 aromatic heterocycles. The molecular weight excluding hydrogens is 446 g/mol. The van der Waals surface area contributed by atoms with Crippen LogP contribution in [0.25, 0.3) is 11.0 Å². The fraction of sp³-hybridized carbons (Fsp3) is 0.217. The predicted octanol–water partition coefficient (Wildman–Crippen LogP) is 2.54. The van der Waals surface area contributed by atoms with E-state index >= 15 is 0 Å². The van der Waals surface area contributed by atoms with Gasteiger partial charge in [0.25, 0.3) is 5.56 Å². The Bertz CT molecular complexity index is 1460. The van der Waals surface area contributed by atoms with E-state index in [4.69, 9.17) is 18.9 Å². The van der Waals surface area contributed by atoms with Gasteiger partial charge in [0.15, 0.2) is 34.9 Å². The molecular formula is C23H19N3O6S. The lowest BCUT2D eigenvalue weighted by molar-refractivity contribution is -0.132. The molecule has 9 nitrogen and oxygen atoms in total. The fourth-order valence-electron chi connectivity index (χ4n) is 3.41. The highest BCUT2D eigenvalue weighted by atomic mass is 32.1. The number of hydrogen-bond acceptors (Lipinski definition) is 9. The van der Waals surface area contributed by atoms with Gasteiger partial charge in [0.05, 0.1) is 11.1 Å². The molecule has 168 valence electrons. The molecule has 0 radical (unpaired) electrons. The maximum atomic E-state index is 12.9. The zero-order chi connectivity index (χ0) is 22.9. The van der Waals surface area contributed by atoms with Crippen LogP contribution in [0, 0.1) is 0 Å². The van der Waals surface area contributed by atoms with Crippen LogP contribution in [0.3, 0.4) is 0 Å². The maximum Gasteiger partial charge on any atom is 0.308 e. The van der Waals surface area contributed by atoms with Gasteiger partial charge in [-0.05, 0) is 42.8 Å². The summed E-state index contributed by atoms with van der Waals surface area (Å²) in [7, 11) is 0. The lowest BCUT2D eigenvalue weighted by Gasteiger charge is -2.24. The van der Waals surface area contributed by atoms with Gasteiger partial charge < -0.3 is 18.9 Å². The molecule has 0 bridgehead atoms. The Balaban J connectivity index is 1.45. The van der Waals surface area contributed by atoms with Gasteiger partial charge in [-0.2, -0.15) is 9.50 Å². The number of fused-ring (bicyclic) bond motifs is 2. The SMILES string of the molecule is CCOc1cc(/C=c2/sc3nc([C@@H]4COc5ccccc5O4)nn3c2=O)ccc1OC(C)=O. The summed E-state index contributed by atoms with van der Waals surface area (Å²) >= 11 is 1.22. The Hall–Kier alpha value is -3.92. The van der Waals surface area contributed by atoms with Gasteiger partial charge >= 0.3 is 5.97 Å². The molecule has 4 aromatic rings. The molecule has 0 fully saturated rings. The summed E-state index contributed by atoms with van der Waals surface area (Å²) in [5.74, 6) is 1.99. The summed E-state index contributed by atoms with van der Waals surface area (Å²) in [6, 6.07) is 12.5. The first kappa shape index (κ1) is 21.0. The van der Waals surface area contributed by atoms with E-state index in [1.165, 1.54) is 22.8 Å². The van der Waals surface area contributed by atoms with E-state index in [2.05, 4.69) is 10.1 Å². The number of rotatable bonds is 5. The second-order valence-electron chi connectivity index (χ2n) is 7.18. The van der Waals surface area contributed by atoms with Crippen LogP contribution in [0.1, 0.15) is 31.3 Å². The normalized spacial score (nSPS) is 15.6. The van der Waals surface area contributed by atoms with Crippen molar-refractivity contribution in [3.8, 4) is 23.0 Å². The molecule has 0 aliphatic carbocycles. The highest BCUT2D eigenvalue weighted by Crippen LogP contribution is 2.35. The van der Waals surface area contributed by atoms with Gasteiger partial charge in [-0.25, -0.2) is 0 Å². The largest absolute Gasteiger partial charge is 0.490 e. The van der Waals surface area contributed by atoms with Gasteiger partial charge in [0.1, 0.15) is 6.61 Å². The van der Waals surface area contributed by atoms with Gasteiger partial charge in [-0.15, -0.1) is 5.10 Å². The summed E-state index contributed by atoms with van der Waals surface area (Å²) in [6.45, 7) is 3.82. The molecule has 0 N–H and O–H groups in total. The number of aromatic nitrogens is 3. The van der Waals surface area contributed by atoms with Crippen LogP contribution in [-0.4, -0.2) is 33.8 Å². The van der Waals surface area contributed by atoms with E-state index in [1.54, 1.807) is 24.3 Å². The van der Waals surface area contributed by atoms with Crippen molar-refractivity contribution in [2.75, 3.05) is 13.2 Å². The molecule has 0 spiro atoms. The molecule has 0 unspecified atom stereocenters. The Morgan fingerprint density at radius 3 is 2.82 bits per heavy atom. The smallest absolute Gasteiger partial charge is 0.308 e. The third kappa shape index (κ3) is 4.12. The van der Waals surface area contributed by atoms with Crippen molar-refractivity contribution in [3.63, 3.8) is 0 Å². The number of nitrogens with zero attached hydrogens (tertiary/aromatic N) is 3. The molecule has 2 aromatic carbocycles. The third-order valence-electron chi connectivity index (χ3n) is 4.81. The Morgan fingerprint density at radius 1 is 1.24 bits per heavy atom. The Morgan fingerprint density at radius 2 is 2.06 bits per heavy atom. The average molecular weight is 465 g/mol. The summed E-state index contributed by atoms with van der Waals surface area (Å²) in [6.07, 6.45) is 1.22. The molecule has 3 heterocycles. The standard InChI is InChI=1S/C23H19N3O6S/c1-3-29-18-10-14(8-9-17(18)31-13(2)27)11-20-22(28)26-23(33-20)24-21(25-26)19-12-30-15-6-4-5-7-16(15)32-19/h4-11,19H,3,12H2,1-2H3/b20-11+/t19-/m0/s1. The zero-order valence-electron chi connectivity index (χ0n) is 17.8. The van der Waals surface area contributed by atoms with Crippen molar-refractivity contribution in [1.82, 2.24) is 14.6 Å². The molecule has 5 rings (SSSR count). The topological polar surface area (TPSA) is 101 Å². The summed E-state index contributed by atoms with van der Waals surface area (Å²) < 4.78 is 24.1. The first-order chi connectivity index (χ1) is 16.0. The molecule has 0 saturated carbocycles. The monoisotopic (exact) mass is 465 g/mol. The number of carbonyl (C=O) groups is 1. The maximum absolute atomic E-state index is 12.9. The van der Waals surface area contributed by atoms with Crippen molar-refractivity contribution in [1.29, 1.82) is 0 Å². The number of carbonyl (C=O) groups excluding carboxylic acids is 1. The lowest BCUT2D eigenvalue weighted by atomic mass is 10.2. The third-order valence-corrected chi connectivity index (χ3v) is 5.77. The molecule has 1 aliphatic rings. The van der Waals surface area contributed by atoms with Gasteiger partial charge in [-0.3, -0.25) is 9.59 Å². The second-order valence-corrected chi connectivity index (χ2v) is 8.19. The van der Waals surface area contributed by atoms with E-state index in [0.717, 1.165) is 5.56 Å². The van der Waals surface area contributed by atoms with E-state index in [9.17, 15) is 9.59 Å². The first-order valence-electron chi connectivity index (χ1n) is 10.3. The minimum atomic E-state index is -0.499. The summed E-state index contributed by atoms with van der Waals surface area (Å²) in [5.41, 5.74) is 0.435.